The summed E-state index contributed by atoms with van der Waals surface area (Å²) in [6.07, 6.45) is 1.94. The van der Waals surface area contributed by atoms with E-state index in [1.807, 2.05) is 30.3 Å². The van der Waals surface area contributed by atoms with Gasteiger partial charge < -0.3 is 15.4 Å². The van der Waals surface area contributed by atoms with Gasteiger partial charge >= 0.3 is 5.97 Å². The van der Waals surface area contributed by atoms with Crippen molar-refractivity contribution in [1.29, 1.82) is 0 Å². The number of carbonyl (C=O) groups excluding carboxylic acids is 2. The Kier molecular flexibility index (Phi) is 4.52. The zero-order valence-corrected chi connectivity index (χ0v) is 10.7. The topological polar surface area (TPSA) is 72.6 Å². The predicted octanol–water partition coefficient (Wildman–Crippen LogP) is 0.679. The molecule has 1 amide bonds. The van der Waals surface area contributed by atoms with E-state index in [1.54, 1.807) is 4.90 Å². The number of amides is 1. The predicted molar refractivity (Wildman–Crippen MR) is 70.0 cm³/mol. The molecule has 1 aliphatic heterocycles. The first-order valence-electron chi connectivity index (χ1n) is 6.43. The van der Waals surface area contributed by atoms with Gasteiger partial charge in [0.05, 0.1) is 0 Å². The molecule has 1 aliphatic rings. The van der Waals surface area contributed by atoms with Crippen molar-refractivity contribution in [3.05, 3.63) is 35.9 Å². The maximum Gasteiger partial charge on any atom is 0.333 e. The standard InChI is InChI=1S/C14H18N2O3/c15-12(13(17)16-8-4-5-9-16)14(18)19-10-11-6-2-1-3-7-11/h1-3,6-7,12H,4-5,8-10,15H2. The van der Waals surface area contributed by atoms with Crippen LogP contribution >= 0.6 is 0 Å². The highest BCUT2D eigenvalue weighted by atomic mass is 16.5. The van der Waals surface area contributed by atoms with Crippen LogP contribution in [0.2, 0.25) is 0 Å². The number of likely N-dealkylation sites (tertiary alicyclic amines) is 1. The lowest BCUT2D eigenvalue weighted by Crippen LogP contribution is -2.47. The molecule has 1 heterocycles. The van der Waals surface area contributed by atoms with Crippen LogP contribution in [-0.4, -0.2) is 35.9 Å². The summed E-state index contributed by atoms with van der Waals surface area (Å²) in [6.45, 7) is 1.50. The summed E-state index contributed by atoms with van der Waals surface area (Å²) in [5, 5.41) is 0. The summed E-state index contributed by atoms with van der Waals surface area (Å²) < 4.78 is 5.06. The van der Waals surface area contributed by atoms with Gasteiger partial charge in [-0.1, -0.05) is 30.3 Å². The molecule has 2 N–H and O–H groups in total. The number of nitrogens with two attached hydrogens (primary N) is 1. The molecule has 1 atom stereocenters. The van der Waals surface area contributed by atoms with Crippen molar-refractivity contribution in [2.24, 2.45) is 5.73 Å². The van der Waals surface area contributed by atoms with Crippen molar-refractivity contribution in [2.75, 3.05) is 13.1 Å². The second kappa shape index (κ2) is 6.33. The fourth-order valence-electron chi connectivity index (χ4n) is 2.05. The fourth-order valence-corrected chi connectivity index (χ4v) is 2.05. The Labute approximate surface area is 112 Å². The Morgan fingerprint density at radius 3 is 2.47 bits per heavy atom. The van der Waals surface area contributed by atoms with Gasteiger partial charge in [-0.2, -0.15) is 0 Å². The number of esters is 1. The molecule has 1 aromatic rings. The normalized spacial score (nSPS) is 16.2. The maximum absolute atomic E-state index is 11.9. The van der Waals surface area contributed by atoms with Crippen molar-refractivity contribution in [1.82, 2.24) is 4.90 Å². The minimum atomic E-state index is -1.21. The fraction of sp³-hybridized carbons (Fsp3) is 0.429. The van der Waals surface area contributed by atoms with Crippen LogP contribution in [0.5, 0.6) is 0 Å². The number of benzene rings is 1. The molecule has 1 saturated heterocycles. The molecule has 0 radical (unpaired) electrons. The number of carbonyl (C=O) groups is 2. The highest BCUT2D eigenvalue weighted by molar-refractivity contribution is 6.01. The van der Waals surface area contributed by atoms with Crippen LogP contribution in [0.25, 0.3) is 0 Å². The molecule has 102 valence electrons. The Morgan fingerprint density at radius 1 is 1.21 bits per heavy atom. The second-order valence-electron chi connectivity index (χ2n) is 4.60. The van der Waals surface area contributed by atoms with Crippen LogP contribution in [0.15, 0.2) is 30.3 Å². The molecular weight excluding hydrogens is 244 g/mol. The van der Waals surface area contributed by atoms with Gasteiger partial charge in [0.1, 0.15) is 6.61 Å². The molecule has 0 aromatic heterocycles. The molecule has 1 fully saturated rings. The molecule has 1 aromatic carbocycles. The minimum absolute atomic E-state index is 0.140. The molecule has 5 heteroatoms. The number of nitrogens with zero attached hydrogens (tertiary/aromatic N) is 1. The van der Waals surface area contributed by atoms with Gasteiger partial charge in [-0.05, 0) is 18.4 Å². The van der Waals surface area contributed by atoms with Gasteiger partial charge in [-0.15, -0.1) is 0 Å². The van der Waals surface area contributed by atoms with Crippen LogP contribution < -0.4 is 5.73 Å². The molecule has 1 unspecified atom stereocenters. The van der Waals surface area contributed by atoms with Crippen molar-refractivity contribution in [2.45, 2.75) is 25.5 Å². The molecule has 0 spiro atoms. The van der Waals surface area contributed by atoms with Crippen LogP contribution in [0.3, 0.4) is 0 Å². The van der Waals surface area contributed by atoms with E-state index in [9.17, 15) is 9.59 Å². The first kappa shape index (κ1) is 13.5. The van der Waals surface area contributed by atoms with Crippen LogP contribution in [0.1, 0.15) is 18.4 Å². The van der Waals surface area contributed by atoms with Crippen molar-refractivity contribution >= 4 is 11.9 Å². The van der Waals surface area contributed by atoms with Crippen LogP contribution in [-0.2, 0) is 20.9 Å². The Morgan fingerprint density at radius 2 is 1.84 bits per heavy atom. The van der Waals surface area contributed by atoms with E-state index in [0.717, 1.165) is 18.4 Å². The van der Waals surface area contributed by atoms with E-state index in [1.165, 1.54) is 0 Å². The molecule has 0 aliphatic carbocycles. The number of hydrogen-bond acceptors (Lipinski definition) is 4. The summed E-state index contributed by atoms with van der Waals surface area (Å²) >= 11 is 0. The van der Waals surface area contributed by atoms with Crippen LogP contribution in [0, 0.1) is 0 Å². The average molecular weight is 262 g/mol. The first-order chi connectivity index (χ1) is 9.18. The Hall–Kier alpha value is -1.88. The lowest BCUT2D eigenvalue weighted by Gasteiger charge is -2.19. The SMILES string of the molecule is NC(C(=O)OCc1ccccc1)C(=O)N1CCCC1. The molecule has 5 nitrogen and oxygen atoms in total. The van der Waals surface area contributed by atoms with E-state index in [2.05, 4.69) is 0 Å². The van der Waals surface area contributed by atoms with E-state index < -0.39 is 12.0 Å². The smallest absolute Gasteiger partial charge is 0.333 e. The van der Waals surface area contributed by atoms with Crippen molar-refractivity contribution in [3.8, 4) is 0 Å². The van der Waals surface area contributed by atoms with Gasteiger partial charge in [0.15, 0.2) is 6.04 Å². The summed E-state index contributed by atoms with van der Waals surface area (Å²) in [5.41, 5.74) is 6.51. The van der Waals surface area contributed by atoms with Gasteiger partial charge in [0.25, 0.3) is 5.91 Å². The van der Waals surface area contributed by atoms with Crippen molar-refractivity contribution in [3.63, 3.8) is 0 Å². The zero-order chi connectivity index (χ0) is 13.7. The highest BCUT2D eigenvalue weighted by Crippen LogP contribution is 2.09. The third-order valence-electron chi connectivity index (χ3n) is 3.16. The van der Waals surface area contributed by atoms with Gasteiger partial charge in [0.2, 0.25) is 0 Å². The Bertz CT molecular complexity index is 441. The molecule has 19 heavy (non-hydrogen) atoms. The Balaban J connectivity index is 1.83. The number of hydrogen-bond donors (Lipinski definition) is 1. The number of rotatable bonds is 4. The zero-order valence-electron chi connectivity index (χ0n) is 10.7. The molecular formula is C14H18N2O3. The monoisotopic (exact) mass is 262 g/mol. The average Bonchev–Trinajstić information content (AvgIpc) is 2.98. The third kappa shape index (κ3) is 3.54. The third-order valence-corrected chi connectivity index (χ3v) is 3.16. The van der Waals surface area contributed by atoms with E-state index in [-0.39, 0.29) is 12.5 Å². The van der Waals surface area contributed by atoms with Crippen LogP contribution in [0.4, 0.5) is 0 Å². The molecule has 0 saturated carbocycles. The highest BCUT2D eigenvalue weighted by Gasteiger charge is 2.29. The van der Waals surface area contributed by atoms with Gasteiger partial charge in [-0.3, -0.25) is 4.79 Å². The second-order valence-corrected chi connectivity index (χ2v) is 4.60. The first-order valence-corrected chi connectivity index (χ1v) is 6.43. The lowest BCUT2D eigenvalue weighted by atomic mass is 10.2. The minimum Gasteiger partial charge on any atom is -0.459 e. The summed E-state index contributed by atoms with van der Waals surface area (Å²) in [6, 6.07) is 8.09. The van der Waals surface area contributed by atoms with E-state index in [4.69, 9.17) is 10.5 Å². The van der Waals surface area contributed by atoms with Crippen molar-refractivity contribution < 1.29 is 14.3 Å². The largest absolute Gasteiger partial charge is 0.459 e. The van der Waals surface area contributed by atoms with Gasteiger partial charge in [0, 0.05) is 13.1 Å². The summed E-state index contributed by atoms with van der Waals surface area (Å²) in [5.74, 6) is -1.00. The summed E-state index contributed by atoms with van der Waals surface area (Å²) in [7, 11) is 0. The maximum atomic E-state index is 11.9. The molecule has 0 bridgehead atoms. The molecule has 2 rings (SSSR count). The summed E-state index contributed by atoms with van der Waals surface area (Å²) in [4.78, 5) is 25.2. The van der Waals surface area contributed by atoms with Gasteiger partial charge in [-0.25, -0.2) is 4.79 Å². The lowest BCUT2D eigenvalue weighted by molar-refractivity contribution is -0.152. The van der Waals surface area contributed by atoms with E-state index >= 15 is 0 Å². The number of ether oxygens (including phenoxy) is 1. The van der Waals surface area contributed by atoms with E-state index in [0.29, 0.717) is 13.1 Å². The quantitative estimate of drug-likeness (QED) is 0.639.